The van der Waals surface area contributed by atoms with Crippen molar-refractivity contribution in [1.29, 1.82) is 0 Å². The van der Waals surface area contributed by atoms with Crippen molar-refractivity contribution in [2.24, 2.45) is 4.99 Å². The second-order valence-electron chi connectivity index (χ2n) is 8.30. The van der Waals surface area contributed by atoms with Crippen molar-refractivity contribution in [3.8, 4) is 17.1 Å². The van der Waals surface area contributed by atoms with E-state index in [2.05, 4.69) is 23.2 Å². The van der Waals surface area contributed by atoms with Crippen LogP contribution in [0, 0.1) is 10.1 Å². The lowest BCUT2D eigenvalue weighted by molar-refractivity contribution is -0.385. The summed E-state index contributed by atoms with van der Waals surface area (Å²) in [5, 5.41) is 11.8. The van der Waals surface area contributed by atoms with Gasteiger partial charge in [-0.25, -0.2) is 4.98 Å². The molecule has 1 aliphatic carbocycles. The SMILES string of the molecule is C[C@H]1N=C(c2ccccc2[N+](=O)[O-])c2cc(C3CC3)ccc2-n2cnc(-c3ccco3)c21. The fraction of sp³-hybridized carbons (Fsp3) is 0.200. The monoisotopic (exact) mass is 424 g/mol. The second kappa shape index (κ2) is 7.02. The Morgan fingerprint density at radius 1 is 1.09 bits per heavy atom. The Bertz CT molecular complexity index is 1380. The Labute approximate surface area is 184 Å². The molecule has 2 aliphatic rings. The fourth-order valence-corrected chi connectivity index (χ4v) is 4.55. The largest absolute Gasteiger partial charge is 0.463 e. The van der Waals surface area contributed by atoms with Gasteiger partial charge >= 0.3 is 0 Å². The van der Waals surface area contributed by atoms with E-state index in [0.29, 0.717) is 23.0 Å². The highest BCUT2D eigenvalue weighted by atomic mass is 16.6. The number of para-hydroxylation sites is 1. The van der Waals surface area contributed by atoms with Gasteiger partial charge in [0.2, 0.25) is 0 Å². The zero-order valence-corrected chi connectivity index (χ0v) is 17.4. The van der Waals surface area contributed by atoms with E-state index in [4.69, 9.17) is 9.41 Å². The van der Waals surface area contributed by atoms with Crippen molar-refractivity contribution >= 4 is 11.4 Å². The molecule has 2 aromatic heterocycles. The Kier molecular flexibility index (Phi) is 4.11. The molecule has 2 aromatic carbocycles. The predicted octanol–water partition coefficient (Wildman–Crippen LogP) is 5.83. The van der Waals surface area contributed by atoms with Crippen molar-refractivity contribution < 1.29 is 9.34 Å². The number of imidazole rings is 1. The average molecular weight is 424 g/mol. The summed E-state index contributed by atoms with van der Waals surface area (Å²) in [5.74, 6) is 1.22. The van der Waals surface area contributed by atoms with Crippen molar-refractivity contribution in [2.75, 3.05) is 0 Å². The molecule has 7 heteroatoms. The van der Waals surface area contributed by atoms with Crippen molar-refractivity contribution in [1.82, 2.24) is 9.55 Å². The van der Waals surface area contributed by atoms with Gasteiger partial charge in [-0.05, 0) is 61.6 Å². The average Bonchev–Trinajstić information content (AvgIpc) is 3.36. The minimum atomic E-state index is -0.339. The number of fused-ring (bicyclic) bond motifs is 3. The van der Waals surface area contributed by atoms with Crippen LogP contribution in [-0.4, -0.2) is 20.2 Å². The zero-order chi connectivity index (χ0) is 21.8. The smallest absolute Gasteiger partial charge is 0.278 e. The van der Waals surface area contributed by atoms with Crippen LogP contribution in [0.2, 0.25) is 0 Å². The van der Waals surface area contributed by atoms with E-state index >= 15 is 0 Å². The topological polar surface area (TPSA) is 86.5 Å². The van der Waals surface area contributed by atoms with E-state index in [0.717, 1.165) is 22.6 Å². The van der Waals surface area contributed by atoms with E-state index in [1.54, 1.807) is 24.7 Å². The maximum Gasteiger partial charge on any atom is 0.278 e. The standard InChI is InChI=1S/C25H20N4O3/c1-15-25-24(22-7-4-12-32-22)26-14-28(25)20-11-10-17(16-8-9-16)13-19(20)23(27-15)18-5-2-3-6-21(18)29(30)31/h2-7,10-16H,8-9H2,1H3/t15-/m1/s1. The highest BCUT2D eigenvalue weighted by Crippen LogP contribution is 2.43. The van der Waals surface area contributed by atoms with Gasteiger partial charge in [0, 0.05) is 11.6 Å². The van der Waals surface area contributed by atoms with Crippen LogP contribution in [0.3, 0.4) is 0 Å². The maximum absolute atomic E-state index is 11.8. The van der Waals surface area contributed by atoms with E-state index in [1.807, 2.05) is 29.7 Å². The number of furan rings is 1. The van der Waals surface area contributed by atoms with E-state index < -0.39 is 0 Å². The van der Waals surface area contributed by atoms with Crippen LogP contribution in [0.5, 0.6) is 0 Å². The number of rotatable bonds is 4. The first-order chi connectivity index (χ1) is 15.6. The summed E-state index contributed by atoms with van der Waals surface area (Å²) in [6.07, 6.45) is 5.76. The highest BCUT2D eigenvalue weighted by molar-refractivity contribution is 6.17. The van der Waals surface area contributed by atoms with Gasteiger partial charge in [-0.15, -0.1) is 0 Å². The van der Waals surface area contributed by atoms with Gasteiger partial charge in [-0.3, -0.25) is 19.7 Å². The first-order valence-corrected chi connectivity index (χ1v) is 10.7. The van der Waals surface area contributed by atoms with Gasteiger partial charge in [0.05, 0.1) is 39.9 Å². The summed E-state index contributed by atoms with van der Waals surface area (Å²) >= 11 is 0. The number of aromatic nitrogens is 2. The van der Waals surface area contributed by atoms with Crippen molar-refractivity contribution in [2.45, 2.75) is 31.7 Å². The third-order valence-corrected chi connectivity index (χ3v) is 6.22. The second-order valence-corrected chi connectivity index (χ2v) is 8.30. The molecule has 3 heterocycles. The van der Waals surface area contributed by atoms with Crippen molar-refractivity contribution in [3.05, 3.63) is 99.7 Å². The first kappa shape index (κ1) is 18.7. The summed E-state index contributed by atoms with van der Waals surface area (Å²) in [6, 6.07) is 16.6. The van der Waals surface area contributed by atoms with Crippen LogP contribution in [0.25, 0.3) is 17.1 Å². The zero-order valence-electron chi connectivity index (χ0n) is 17.4. The van der Waals surface area contributed by atoms with E-state index in [1.165, 1.54) is 24.5 Å². The molecule has 4 aromatic rings. The molecule has 0 amide bonds. The molecule has 32 heavy (non-hydrogen) atoms. The summed E-state index contributed by atoms with van der Waals surface area (Å²) in [4.78, 5) is 21.2. The molecule has 6 rings (SSSR count). The fourth-order valence-electron chi connectivity index (χ4n) is 4.55. The highest BCUT2D eigenvalue weighted by Gasteiger charge is 2.31. The van der Waals surface area contributed by atoms with Crippen LogP contribution in [0.1, 0.15) is 54.1 Å². The molecule has 158 valence electrons. The molecule has 1 saturated carbocycles. The Morgan fingerprint density at radius 2 is 1.94 bits per heavy atom. The molecule has 1 aliphatic heterocycles. The minimum absolute atomic E-state index is 0.0530. The van der Waals surface area contributed by atoms with Gasteiger partial charge < -0.3 is 4.42 Å². The van der Waals surface area contributed by atoms with Gasteiger partial charge in [-0.2, -0.15) is 0 Å². The number of nitrogens with zero attached hydrogens (tertiary/aromatic N) is 4. The lowest BCUT2D eigenvalue weighted by Crippen LogP contribution is -2.10. The Morgan fingerprint density at radius 3 is 2.69 bits per heavy atom. The quantitative estimate of drug-likeness (QED) is 0.305. The predicted molar refractivity (Wildman–Crippen MR) is 120 cm³/mol. The van der Waals surface area contributed by atoms with Crippen LogP contribution in [0.4, 0.5) is 5.69 Å². The van der Waals surface area contributed by atoms with Crippen LogP contribution in [-0.2, 0) is 0 Å². The molecule has 0 bridgehead atoms. The lowest BCUT2D eigenvalue weighted by Gasteiger charge is -2.14. The summed E-state index contributed by atoms with van der Waals surface area (Å²) < 4.78 is 7.67. The number of hydrogen-bond acceptors (Lipinski definition) is 5. The number of nitro groups is 1. The molecule has 0 unspecified atom stereocenters. The summed E-state index contributed by atoms with van der Waals surface area (Å²) in [5.41, 5.74) is 5.89. The lowest BCUT2D eigenvalue weighted by atomic mass is 9.96. The number of hydrogen-bond donors (Lipinski definition) is 0. The number of benzene rings is 2. The molecular weight excluding hydrogens is 404 g/mol. The van der Waals surface area contributed by atoms with Gasteiger partial charge in [0.1, 0.15) is 12.0 Å². The molecule has 0 N–H and O–H groups in total. The molecule has 1 fully saturated rings. The molecule has 0 spiro atoms. The van der Waals surface area contributed by atoms with Crippen LogP contribution in [0.15, 0.2) is 76.6 Å². The van der Waals surface area contributed by atoms with Crippen LogP contribution < -0.4 is 0 Å². The van der Waals surface area contributed by atoms with Crippen molar-refractivity contribution in [3.63, 3.8) is 0 Å². The van der Waals surface area contributed by atoms with E-state index in [9.17, 15) is 10.1 Å². The third kappa shape index (κ3) is 2.89. The number of aliphatic imine (C=N–C) groups is 1. The van der Waals surface area contributed by atoms with E-state index in [-0.39, 0.29) is 16.7 Å². The van der Waals surface area contributed by atoms with Crippen LogP contribution >= 0.6 is 0 Å². The third-order valence-electron chi connectivity index (χ3n) is 6.22. The molecule has 7 nitrogen and oxygen atoms in total. The first-order valence-electron chi connectivity index (χ1n) is 10.7. The molecule has 0 saturated heterocycles. The van der Waals surface area contributed by atoms with Gasteiger partial charge in [0.25, 0.3) is 5.69 Å². The molecule has 0 radical (unpaired) electrons. The molecule has 1 atom stereocenters. The Balaban J connectivity index is 1.64. The summed E-state index contributed by atoms with van der Waals surface area (Å²) in [6.45, 7) is 1.99. The normalized spacial score (nSPS) is 17.3. The van der Waals surface area contributed by atoms with Gasteiger partial charge in [0.15, 0.2) is 5.76 Å². The maximum atomic E-state index is 11.8. The number of nitro benzene ring substituents is 1. The summed E-state index contributed by atoms with van der Waals surface area (Å²) in [7, 11) is 0. The molecular formula is C25H20N4O3. The Hall–Kier alpha value is -4.00. The van der Waals surface area contributed by atoms with Gasteiger partial charge in [-0.1, -0.05) is 18.2 Å². The minimum Gasteiger partial charge on any atom is -0.463 e.